The van der Waals surface area contributed by atoms with Gasteiger partial charge in [-0.1, -0.05) is 176 Å². The smallest absolute Gasteiger partial charge is 0.161 e. The number of rotatable bonds is 6. The van der Waals surface area contributed by atoms with Gasteiger partial charge >= 0.3 is 0 Å². The molecule has 0 amide bonds. The van der Waals surface area contributed by atoms with Crippen LogP contribution in [0.1, 0.15) is 29.2 Å². The Bertz CT molecular complexity index is 2830. The van der Waals surface area contributed by atoms with E-state index >= 15 is 0 Å². The van der Waals surface area contributed by atoms with E-state index in [2.05, 4.69) is 177 Å². The summed E-state index contributed by atoms with van der Waals surface area (Å²) >= 11 is 0. The summed E-state index contributed by atoms with van der Waals surface area (Å²) in [6, 6.07) is 61.7. The second-order valence-electron chi connectivity index (χ2n) is 14.1. The van der Waals surface area contributed by atoms with Crippen molar-refractivity contribution < 1.29 is 4.74 Å². The number of fused-ring (bicyclic) bond motifs is 8. The summed E-state index contributed by atoms with van der Waals surface area (Å²) in [7, 11) is 0. The normalized spacial score (nSPS) is 13.9. The Labute approximate surface area is 321 Å². The van der Waals surface area contributed by atoms with Crippen molar-refractivity contribution in [3.8, 4) is 50.8 Å². The molecule has 10 rings (SSSR count). The van der Waals surface area contributed by atoms with E-state index in [0.29, 0.717) is 5.82 Å². The van der Waals surface area contributed by atoms with Gasteiger partial charge in [0.2, 0.25) is 0 Å². The fourth-order valence-electron chi connectivity index (χ4n) is 8.74. The summed E-state index contributed by atoms with van der Waals surface area (Å²) < 4.78 is 6.88. The van der Waals surface area contributed by atoms with Crippen molar-refractivity contribution in [2.24, 2.45) is 0 Å². The Morgan fingerprint density at radius 3 is 1.91 bits per heavy atom. The molecular weight excluding hydrogens is 669 g/mol. The molecule has 260 valence electrons. The molecule has 0 atom stereocenters. The van der Waals surface area contributed by atoms with Crippen LogP contribution in [0.25, 0.3) is 61.4 Å². The third-order valence-corrected chi connectivity index (χ3v) is 11.2. The monoisotopic (exact) mass is 704 g/mol. The van der Waals surface area contributed by atoms with Gasteiger partial charge < -0.3 is 4.74 Å². The van der Waals surface area contributed by atoms with Crippen molar-refractivity contribution in [1.29, 1.82) is 0 Å². The molecule has 0 N–H and O–H groups in total. The highest BCUT2D eigenvalue weighted by molar-refractivity contribution is 5.97. The zero-order valence-electron chi connectivity index (χ0n) is 30.4. The van der Waals surface area contributed by atoms with Crippen molar-refractivity contribution in [2.45, 2.75) is 12.3 Å². The molecule has 3 nitrogen and oxygen atoms in total. The van der Waals surface area contributed by atoms with Crippen LogP contribution in [-0.4, -0.2) is 9.97 Å². The maximum absolute atomic E-state index is 6.88. The van der Waals surface area contributed by atoms with E-state index in [0.717, 1.165) is 67.2 Å². The van der Waals surface area contributed by atoms with Gasteiger partial charge in [0.1, 0.15) is 11.5 Å². The first-order chi connectivity index (χ1) is 27.1. The van der Waals surface area contributed by atoms with Crippen molar-refractivity contribution in [2.75, 3.05) is 0 Å². The Balaban J connectivity index is 1.18. The fraction of sp³-hybridized carbons (Fsp3) is 0.0385. The number of hydrogen-bond donors (Lipinski definition) is 0. The minimum Gasteiger partial charge on any atom is -0.457 e. The molecule has 0 saturated heterocycles. The number of benzene rings is 7. The average Bonchev–Trinajstić information content (AvgIpc) is 3.55. The minimum absolute atomic E-state index is 0.514. The number of aromatic nitrogens is 2. The first-order valence-electron chi connectivity index (χ1n) is 18.7. The predicted molar refractivity (Wildman–Crippen MR) is 226 cm³/mol. The van der Waals surface area contributed by atoms with Gasteiger partial charge in [0.15, 0.2) is 5.82 Å². The van der Waals surface area contributed by atoms with Crippen LogP contribution in [0.2, 0.25) is 0 Å². The highest BCUT2D eigenvalue weighted by Crippen LogP contribution is 2.60. The van der Waals surface area contributed by atoms with Crippen molar-refractivity contribution in [1.82, 2.24) is 9.97 Å². The summed E-state index contributed by atoms with van der Waals surface area (Å²) in [5, 5.41) is 2.32. The Morgan fingerprint density at radius 1 is 0.564 bits per heavy atom. The molecular formula is C52H36N2O. The average molecular weight is 705 g/mol. The van der Waals surface area contributed by atoms with Gasteiger partial charge in [0, 0.05) is 22.3 Å². The Kier molecular flexibility index (Phi) is 7.74. The lowest BCUT2D eigenvalue weighted by atomic mass is 9.66. The molecule has 55 heavy (non-hydrogen) atoms. The van der Waals surface area contributed by atoms with Gasteiger partial charge in [0.05, 0.1) is 16.8 Å². The summed E-state index contributed by atoms with van der Waals surface area (Å²) in [6.07, 6.45) is 4.06. The topological polar surface area (TPSA) is 35.0 Å². The molecule has 0 bridgehead atoms. The lowest BCUT2D eigenvalue weighted by molar-refractivity contribution is 0.399. The lowest BCUT2D eigenvalue weighted by Gasteiger charge is -2.39. The van der Waals surface area contributed by atoms with Gasteiger partial charge in [0.25, 0.3) is 0 Å². The van der Waals surface area contributed by atoms with E-state index < -0.39 is 5.41 Å². The van der Waals surface area contributed by atoms with Crippen LogP contribution in [0.15, 0.2) is 206 Å². The minimum atomic E-state index is -0.514. The van der Waals surface area contributed by atoms with Crippen molar-refractivity contribution in [3.63, 3.8) is 0 Å². The maximum atomic E-state index is 6.88. The molecule has 1 aliphatic heterocycles. The molecule has 1 aromatic heterocycles. The van der Waals surface area contributed by atoms with Crippen LogP contribution in [0.5, 0.6) is 5.75 Å². The van der Waals surface area contributed by atoms with Crippen LogP contribution in [0, 0.1) is 0 Å². The highest BCUT2D eigenvalue weighted by Gasteiger charge is 2.50. The van der Waals surface area contributed by atoms with Crippen LogP contribution in [0.3, 0.4) is 0 Å². The zero-order chi connectivity index (χ0) is 36.9. The van der Waals surface area contributed by atoms with E-state index in [1.807, 2.05) is 24.3 Å². The number of ether oxygens (including phenoxy) is 1. The van der Waals surface area contributed by atoms with E-state index in [4.69, 9.17) is 14.7 Å². The number of nitrogens with zero attached hydrogens (tertiary/aromatic N) is 2. The molecule has 8 aromatic rings. The van der Waals surface area contributed by atoms with Crippen LogP contribution in [-0.2, 0) is 5.41 Å². The second-order valence-corrected chi connectivity index (χ2v) is 14.1. The standard InChI is InChI=1S/C52H36N2O/c1-3-35(32-50-34(2)52(46-30-15-16-31-49(46)55-50)44-28-13-11-24-40(44)41-25-12-14-29-45(41)52)38-22-9-10-26-43(38)51-53-47(37-19-5-4-6-20-37)33-48(54-51)42-27-17-21-36-18-7-8-23-39(36)42/h3-33H,1H2,2H3/b35-32+. The molecule has 2 aliphatic rings. The Morgan fingerprint density at radius 2 is 1.15 bits per heavy atom. The quantitative estimate of drug-likeness (QED) is 0.162. The SMILES string of the molecule is C=C/C(=C\C1=C(C)C2(c3ccccc3O1)c1ccccc1-c1ccccc12)c1ccccc1-c1nc(-c2ccccc2)cc(-c2cccc3ccccc23)n1. The van der Waals surface area contributed by atoms with Gasteiger partial charge in [-0.3, -0.25) is 0 Å². The summed E-state index contributed by atoms with van der Waals surface area (Å²) in [6.45, 7) is 6.56. The lowest BCUT2D eigenvalue weighted by Crippen LogP contribution is -2.33. The fourth-order valence-corrected chi connectivity index (χ4v) is 8.74. The molecule has 3 heteroatoms. The summed E-state index contributed by atoms with van der Waals surface area (Å²) in [5.41, 5.74) is 13.4. The Hall–Kier alpha value is -7.10. The molecule has 0 saturated carbocycles. The van der Waals surface area contributed by atoms with Crippen LogP contribution < -0.4 is 4.74 Å². The number of hydrogen-bond acceptors (Lipinski definition) is 3. The van der Waals surface area contributed by atoms with E-state index in [1.54, 1.807) is 0 Å². The van der Waals surface area contributed by atoms with E-state index in [9.17, 15) is 0 Å². The third-order valence-electron chi connectivity index (χ3n) is 11.2. The molecule has 0 radical (unpaired) electrons. The molecule has 1 aliphatic carbocycles. The van der Waals surface area contributed by atoms with Crippen molar-refractivity contribution in [3.05, 3.63) is 228 Å². The van der Waals surface area contributed by atoms with E-state index in [1.165, 1.54) is 27.6 Å². The van der Waals surface area contributed by atoms with Gasteiger partial charge in [-0.05, 0) is 74.9 Å². The largest absolute Gasteiger partial charge is 0.457 e. The van der Waals surface area contributed by atoms with Crippen LogP contribution >= 0.6 is 0 Å². The summed E-state index contributed by atoms with van der Waals surface area (Å²) in [5.74, 6) is 2.29. The number of para-hydroxylation sites is 1. The highest BCUT2D eigenvalue weighted by atomic mass is 16.5. The van der Waals surface area contributed by atoms with E-state index in [-0.39, 0.29) is 0 Å². The predicted octanol–water partition coefficient (Wildman–Crippen LogP) is 12.9. The number of allylic oxidation sites excluding steroid dienone is 4. The first-order valence-corrected chi connectivity index (χ1v) is 18.7. The molecule has 2 heterocycles. The third kappa shape index (κ3) is 5.12. The summed E-state index contributed by atoms with van der Waals surface area (Å²) in [4.78, 5) is 10.6. The molecule has 1 spiro atoms. The van der Waals surface area contributed by atoms with Gasteiger partial charge in [-0.2, -0.15) is 0 Å². The molecule has 0 fully saturated rings. The van der Waals surface area contributed by atoms with Gasteiger partial charge in [-0.15, -0.1) is 0 Å². The second kappa shape index (κ2) is 13.1. The first kappa shape index (κ1) is 32.5. The van der Waals surface area contributed by atoms with Gasteiger partial charge in [-0.25, -0.2) is 9.97 Å². The maximum Gasteiger partial charge on any atom is 0.161 e. The van der Waals surface area contributed by atoms with Crippen LogP contribution in [0.4, 0.5) is 0 Å². The molecule has 0 unspecified atom stereocenters. The molecule has 7 aromatic carbocycles. The van der Waals surface area contributed by atoms with Crippen molar-refractivity contribution >= 4 is 16.3 Å². The zero-order valence-corrected chi connectivity index (χ0v) is 30.4.